The number of amides is 1. The van der Waals surface area contributed by atoms with Crippen molar-refractivity contribution >= 4 is 22.6 Å². The molecule has 0 spiro atoms. The van der Waals surface area contributed by atoms with Crippen LogP contribution in [0.15, 0.2) is 53.3 Å². The van der Waals surface area contributed by atoms with E-state index in [1.165, 1.54) is 16.7 Å². The van der Waals surface area contributed by atoms with E-state index >= 15 is 0 Å². The lowest BCUT2D eigenvalue weighted by Gasteiger charge is -2.35. The number of esters is 1. The van der Waals surface area contributed by atoms with Gasteiger partial charge in [-0.05, 0) is 24.1 Å². The Bertz CT molecular complexity index is 1170. The molecule has 1 atom stereocenters. The van der Waals surface area contributed by atoms with Crippen molar-refractivity contribution in [3.05, 3.63) is 75.7 Å². The second-order valence-corrected chi connectivity index (χ2v) is 6.96. The summed E-state index contributed by atoms with van der Waals surface area (Å²) in [6, 6.07) is 13.9. The predicted octanol–water partition coefficient (Wildman–Crippen LogP) is 2.16. The van der Waals surface area contributed by atoms with E-state index in [9.17, 15) is 14.4 Å². The minimum Gasteiger partial charge on any atom is -0.467 e. The van der Waals surface area contributed by atoms with E-state index in [4.69, 9.17) is 4.74 Å². The van der Waals surface area contributed by atoms with Gasteiger partial charge < -0.3 is 9.64 Å². The fraction of sp³-hybridized carbons (Fsp3) is 0.273. The molecule has 3 aromatic rings. The van der Waals surface area contributed by atoms with Crippen molar-refractivity contribution in [1.82, 2.24) is 14.7 Å². The third-order valence-electron chi connectivity index (χ3n) is 5.35. The fourth-order valence-electron chi connectivity index (χ4n) is 3.83. The standard InChI is InChI=1S/C22H21N3O4/c1-3-25-20(26)17-11-7-6-10-16(17)19(23-25)21(27)24-13-15-9-5-4-8-14(15)12-18(24)22(28)29-2/h4-11,18H,3,12-13H2,1-2H3/t18-/m0/s1. The molecule has 7 heteroatoms. The molecule has 0 saturated heterocycles. The maximum Gasteiger partial charge on any atom is 0.328 e. The number of benzene rings is 2. The molecule has 0 unspecified atom stereocenters. The highest BCUT2D eigenvalue weighted by molar-refractivity contribution is 6.06. The summed E-state index contributed by atoms with van der Waals surface area (Å²) in [7, 11) is 1.32. The molecule has 148 valence electrons. The first-order valence-corrected chi connectivity index (χ1v) is 9.50. The Morgan fingerprint density at radius 3 is 2.41 bits per heavy atom. The maximum atomic E-state index is 13.6. The van der Waals surface area contributed by atoms with Gasteiger partial charge in [-0.2, -0.15) is 5.10 Å². The molecule has 0 saturated carbocycles. The van der Waals surface area contributed by atoms with Crippen molar-refractivity contribution in [2.45, 2.75) is 32.5 Å². The predicted molar refractivity (Wildman–Crippen MR) is 108 cm³/mol. The molecular weight excluding hydrogens is 370 g/mol. The first-order chi connectivity index (χ1) is 14.0. The number of hydrogen-bond acceptors (Lipinski definition) is 5. The van der Waals surface area contributed by atoms with Crippen LogP contribution in [0.2, 0.25) is 0 Å². The summed E-state index contributed by atoms with van der Waals surface area (Å²) in [6.07, 6.45) is 0.375. The van der Waals surface area contributed by atoms with Gasteiger partial charge in [-0.15, -0.1) is 0 Å². The van der Waals surface area contributed by atoms with Gasteiger partial charge in [0.1, 0.15) is 6.04 Å². The van der Waals surface area contributed by atoms with Crippen molar-refractivity contribution < 1.29 is 14.3 Å². The molecular formula is C22H21N3O4. The summed E-state index contributed by atoms with van der Waals surface area (Å²) >= 11 is 0. The van der Waals surface area contributed by atoms with Crippen LogP contribution in [-0.4, -0.2) is 39.7 Å². The van der Waals surface area contributed by atoms with Crippen LogP contribution in [0.1, 0.15) is 28.5 Å². The summed E-state index contributed by atoms with van der Waals surface area (Å²) in [5.74, 6) is -0.866. The van der Waals surface area contributed by atoms with Crippen LogP contribution in [0.3, 0.4) is 0 Å². The smallest absolute Gasteiger partial charge is 0.328 e. The van der Waals surface area contributed by atoms with Crippen molar-refractivity contribution in [3.8, 4) is 0 Å². The Kier molecular flexibility index (Phi) is 4.88. The van der Waals surface area contributed by atoms with Crippen molar-refractivity contribution in [3.63, 3.8) is 0 Å². The van der Waals surface area contributed by atoms with Crippen LogP contribution in [-0.2, 0) is 29.0 Å². The summed E-state index contributed by atoms with van der Waals surface area (Å²) < 4.78 is 6.24. The number of aryl methyl sites for hydroxylation is 1. The number of aromatic nitrogens is 2. The van der Waals surface area contributed by atoms with Crippen molar-refractivity contribution in [2.24, 2.45) is 0 Å². The summed E-state index contributed by atoms with van der Waals surface area (Å²) in [5.41, 5.74) is 1.92. The monoisotopic (exact) mass is 391 g/mol. The highest BCUT2D eigenvalue weighted by Crippen LogP contribution is 2.26. The Morgan fingerprint density at radius 2 is 1.72 bits per heavy atom. The zero-order valence-electron chi connectivity index (χ0n) is 16.3. The molecule has 7 nitrogen and oxygen atoms in total. The number of methoxy groups -OCH3 is 1. The third-order valence-corrected chi connectivity index (χ3v) is 5.35. The van der Waals surface area contributed by atoms with Crippen LogP contribution >= 0.6 is 0 Å². The van der Waals surface area contributed by atoms with Crippen LogP contribution in [0, 0.1) is 0 Å². The average molecular weight is 391 g/mol. The normalized spacial score (nSPS) is 15.8. The third kappa shape index (κ3) is 3.18. The van der Waals surface area contributed by atoms with Gasteiger partial charge in [0.25, 0.3) is 11.5 Å². The van der Waals surface area contributed by atoms with Crippen molar-refractivity contribution in [2.75, 3.05) is 7.11 Å². The summed E-state index contributed by atoms with van der Waals surface area (Å²) in [4.78, 5) is 40.1. The van der Waals surface area contributed by atoms with Gasteiger partial charge in [0.15, 0.2) is 5.69 Å². The minimum absolute atomic E-state index is 0.162. The number of rotatable bonds is 3. The Morgan fingerprint density at radius 1 is 1.07 bits per heavy atom. The molecule has 4 rings (SSSR count). The van der Waals surface area contributed by atoms with Crippen LogP contribution in [0.5, 0.6) is 0 Å². The molecule has 1 aromatic heterocycles. The van der Waals surface area contributed by atoms with Gasteiger partial charge in [0.2, 0.25) is 0 Å². The first-order valence-electron chi connectivity index (χ1n) is 9.50. The van der Waals surface area contributed by atoms with Gasteiger partial charge >= 0.3 is 5.97 Å². The second kappa shape index (κ2) is 7.50. The van der Waals surface area contributed by atoms with Crippen LogP contribution in [0.25, 0.3) is 10.8 Å². The van der Waals surface area contributed by atoms with Gasteiger partial charge in [0, 0.05) is 24.9 Å². The molecule has 0 radical (unpaired) electrons. The zero-order chi connectivity index (χ0) is 20.5. The molecule has 0 fully saturated rings. The molecule has 0 bridgehead atoms. The van der Waals surface area contributed by atoms with Gasteiger partial charge in [0.05, 0.1) is 12.5 Å². The number of carbonyl (C=O) groups excluding carboxylic acids is 2. The van der Waals surface area contributed by atoms with E-state index in [2.05, 4.69) is 5.10 Å². The van der Waals surface area contributed by atoms with E-state index in [0.29, 0.717) is 23.7 Å². The number of nitrogens with zero attached hydrogens (tertiary/aromatic N) is 3. The largest absolute Gasteiger partial charge is 0.467 e. The quantitative estimate of drug-likeness (QED) is 0.639. The SMILES string of the molecule is CCn1nc(C(=O)N2Cc3ccccc3C[C@H]2C(=O)OC)c2ccccc2c1=O. The van der Waals surface area contributed by atoms with E-state index in [1.807, 2.05) is 24.3 Å². The van der Waals surface area contributed by atoms with Crippen molar-refractivity contribution in [1.29, 1.82) is 0 Å². The van der Waals surface area contributed by atoms with Gasteiger partial charge in [-0.3, -0.25) is 9.59 Å². The summed E-state index contributed by atoms with van der Waals surface area (Å²) in [6.45, 7) is 2.41. The lowest BCUT2D eigenvalue weighted by Crippen LogP contribution is -2.49. The van der Waals surface area contributed by atoms with Gasteiger partial charge in [-0.1, -0.05) is 42.5 Å². The molecule has 1 aliphatic rings. The number of fused-ring (bicyclic) bond motifs is 2. The Balaban J connectivity index is 1.86. The van der Waals surface area contributed by atoms with E-state index in [1.54, 1.807) is 31.2 Å². The number of carbonyl (C=O) groups is 2. The molecule has 0 aliphatic carbocycles. The second-order valence-electron chi connectivity index (χ2n) is 6.96. The molecule has 2 heterocycles. The topological polar surface area (TPSA) is 81.5 Å². The van der Waals surface area contributed by atoms with Crippen LogP contribution < -0.4 is 5.56 Å². The Labute approximate surface area is 167 Å². The first kappa shape index (κ1) is 18.9. The maximum absolute atomic E-state index is 13.6. The number of hydrogen-bond donors (Lipinski definition) is 0. The lowest BCUT2D eigenvalue weighted by atomic mass is 9.93. The highest BCUT2D eigenvalue weighted by atomic mass is 16.5. The minimum atomic E-state index is -0.745. The summed E-state index contributed by atoms with van der Waals surface area (Å²) in [5, 5.41) is 5.24. The molecule has 2 aromatic carbocycles. The molecule has 1 aliphatic heterocycles. The van der Waals surface area contributed by atoms with Crippen LogP contribution in [0.4, 0.5) is 0 Å². The fourth-order valence-corrected chi connectivity index (χ4v) is 3.83. The van der Waals surface area contributed by atoms with E-state index in [0.717, 1.165) is 11.1 Å². The van der Waals surface area contributed by atoms with E-state index in [-0.39, 0.29) is 17.8 Å². The number of ether oxygens (including phenoxy) is 1. The molecule has 29 heavy (non-hydrogen) atoms. The van der Waals surface area contributed by atoms with Gasteiger partial charge in [-0.25, -0.2) is 9.48 Å². The molecule has 0 N–H and O–H groups in total. The lowest BCUT2D eigenvalue weighted by molar-refractivity contribution is -0.146. The highest BCUT2D eigenvalue weighted by Gasteiger charge is 2.37. The Hall–Kier alpha value is -3.48. The average Bonchev–Trinajstić information content (AvgIpc) is 2.77. The zero-order valence-corrected chi connectivity index (χ0v) is 16.3. The van der Waals surface area contributed by atoms with E-state index < -0.39 is 17.9 Å². The molecule has 1 amide bonds.